The van der Waals surface area contributed by atoms with Crippen molar-refractivity contribution in [2.45, 2.75) is 13.5 Å². The van der Waals surface area contributed by atoms with Gasteiger partial charge in [0, 0.05) is 18.2 Å². The molecule has 0 aliphatic carbocycles. The molecule has 0 saturated heterocycles. The molecule has 0 fully saturated rings. The lowest BCUT2D eigenvalue weighted by atomic mass is 10.0. The first-order chi connectivity index (χ1) is 16.9. The minimum atomic E-state index is -1.20. The number of allylic oxidation sites excluding steroid dienone is 1. The summed E-state index contributed by atoms with van der Waals surface area (Å²) in [7, 11) is 0. The second-order valence-electron chi connectivity index (χ2n) is 8.11. The van der Waals surface area contributed by atoms with Crippen LogP contribution in [0.1, 0.15) is 38.8 Å². The van der Waals surface area contributed by atoms with Gasteiger partial charge in [-0.25, -0.2) is 4.79 Å². The van der Waals surface area contributed by atoms with Gasteiger partial charge in [-0.2, -0.15) is 0 Å². The van der Waals surface area contributed by atoms with Crippen molar-refractivity contribution >= 4 is 39.8 Å². The first-order valence-corrected chi connectivity index (χ1v) is 11.1. The Labute approximate surface area is 202 Å². The molecule has 6 nitrogen and oxygen atoms in total. The second-order valence-corrected chi connectivity index (χ2v) is 8.11. The van der Waals surface area contributed by atoms with Gasteiger partial charge in [0.2, 0.25) is 5.91 Å². The van der Waals surface area contributed by atoms with E-state index in [1.807, 2.05) is 79.7 Å². The summed E-state index contributed by atoms with van der Waals surface area (Å²) in [5, 5.41) is 17.1. The Kier molecular flexibility index (Phi) is 7.02. The van der Waals surface area contributed by atoms with Gasteiger partial charge in [0.15, 0.2) is 0 Å². The smallest absolute Gasteiger partial charge is 0.337 e. The van der Waals surface area contributed by atoms with Gasteiger partial charge < -0.3 is 15.7 Å². The van der Waals surface area contributed by atoms with Crippen LogP contribution >= 0.6 is 0 Å². The predicted molar refractivity (Wildman–Crippen MR) is 137 cm³/mol. The van der Waals surface area contributed by atoms with Crippen molar-refractivity contribution in [2.75, 3.05) is 5.32 Å². The van der Waals surface area contributed by atoms with Crippen LogP contribution in [0.5, 0.6) is 0 Å². The molecule has 0 atom stereocenters. The van der Waals surface area contributed by atoms with E-state index < -0.39 is 11.9 Å². The molecule has 0 bridgehead atoms. The Morgan fingerprint density at radius 1 is 0.800 bits per heavy atom. The molecule has 4 aromatic rings. The molecular formula is C29H24N2O4. The maximum Gasteiger partial charge on any atom is 0.337 e. The summed E-state index contributed by atoms with van der Waals surface area (Å²) in [5.41, 5.74) is 2.74. The Morgan fingerprint density at radius 2 is 1.49 bits per heavy atom. The molecule has 4 rings (SSSR count). The number of fused-ring (bicyclic) bond motifs is 1. The maximum absolute atomic E-state index is 12.7. The maximum atomic E-state index is 12.7. The predicted octanol–water partition coefficient (Wildman–Crippen LogP) is 5.51. The van der Waals surface area contributed by atoms with Crippen LogP contribution in [-0.4, -0.2) is 22.9 Å². The monoisotopic (exact) mass is 464 g/mol. The number of benzene rings is 4. The average Bonchev–Trinajstić information content (AvgIpc) is 2.87. The summed E-state index contributed by atoms with van der Waals surface area (Å²) in [6.07, 6.45) is 1.41. The Bertz CT molecular complexity index is 1440. The molecule has 6 heteroatoms. The van der Waals surface area contributed by atoms with E-state index >= 15 is 0 Å². The number of anilines is 1. The third-order valence-corrected chi connectivity index (χ3v) is 5.62. The number of aromatic carboxylic acids is 1. The van der Waals surface area contributed by atoms with Crippen LogP contribution in [-0.2, 0) is 11.3 Å². The fourth-order valence-electron chi connectivity index (χ4n) is 3.74. The second kappa shape index (κ2) is 10.5. The van der Waals surface area contributed by atoms with Crippen LogP contribution in [0.2, 0.25) is 0 Å². The van der Waals surface area contributed by atoms with E-state index in [-0.39, 0.29) is 22.7 Å². The van der Waals surface area contributed by atoms with E-state index in [0.29, 0.717) is 6.54 Å². The van der Waals surface area contributed by atoms with E-state index in [2.05, 4.69) is 10.6 Å². The van der Waals surface area contributed by atoms with Crippen molar-refractivity contribution < 1.29 is 19.5 Å². The van der Waals surface area contributed by atoms with E-state index in [0.717, 1.165) is 27.5 Å². The van der Waals surface area contributed by atoms with Crippen LogP contribution in [0.25, 0.3) is 16.3 Å². The van der Waals surface area contributed by atoms with Gasteiger partial charge in [0.25, 0.3) is 5.91 Å². The van der Waals surface area contributed by atoms with Gasteiger partial charge in [0.1, 0.15) is 0 Å². The molecule has 0 aliphatic rings. The molecule has 0 aromatic heterocycles. The standard InChI is InChI=1S/C29H24N2O4/c1-19(22-12-11-21-9-5-6-10-23(21)16-22)15-27(32)31-26-17-24(13-14-25(26)29(34)35)28(33)30-18-20-7-3-2-4-8-20/h2-17H,18H2,1H3,(H,30,33)(H,31,32)(H,34,35)/b19-15-. The molecule has 0 unspecified atom stereocenters. The summed E-state index contributed by atoms with van der Waals surface area (Å²) < 4.78 is 0. The zero-order valence-corrected chi connectivity index (χ0v) is 19.1. The average molecular weight is 465 g/mol. The lowest BCUT2D eigenvalue weighted by Gasteiger charge is -2.11. The summed E-state index contributed by atoms with van der Waals surface area (Å²) in [6.45, 7) is 2.14. The highest BCUT2D eigenvalue weighted by atomic mass is 16.4. The molecule has 0 saturated carbocycles. The Balaban J connectivity index is 1.52. The number of carbonyl (C=O) groups excluding carboxylic acids is 2. The molecule has 2 amide bonds. The zero-order chi connectivity index (χ0) is 24.8. The summed E-state index contributed by atoms with van der Waals surface area (Å²) in [5.74, 6) is -2.06. The van der Waals surface area contributed by atoms with Crippen molar-refractivity contribution in [3.8, 4) is 0 Å². The Hall–Kier alpha value is -4.71. The molecule has 0 radical (unpaired) electrons. The number of carboxylic acid groups (broad SMARTS) is 1. The first-order valence-electron chi connectivity index (χ1n) is 11.1. The number of rotatable bonds is 7. The van der Waals surface area contributed by atoms with Crippen molar-refractivity contribution in [1.29, 1.82) is 0 Å². The van der Waals surface area contributed by atoms with Crippen LogP contribution in [0, 0.1) is 0 Å². The fourth-order valence-corrected chi connectivity index (χ4v) is 3.74. The van der Waals surface area contributed by atoms with Crippen molar-refractivity contribution in [1.82, 2.24) is 5.32 Å². The largest absolute Gasteiger partial charge is 0.478 e. The van der Waals surface area contributed by atoms with Crippen LogP contribution in [0.3, 0.4) is 0 Å². The van der Waals surface area contributed by atoms with Gasteiger partial charge in [-0.3, -0.25) is 9.59 Å². The van der Waals surface area contributed by atoms with Crippen molar-refractivity contribution in [2.24, 2.45) is 0 Å². The molecular weight excluding hydrogens is 440 g/mol. The van der Waals surface area contributed by atoms with Crippen molar-refractivity contribution in [3.63, 3.8) is 0 Å². The highest BCUT2D eigenvalue weighted by Crippen LogP contribution is 2.22. The van der Waals surface area contributed by atoms with Crippen LogP contribution in [0.4, 0.5) is 5.69 Å². The SMILES string of the molecule is C/C(=C/C(=O)Nc1cc(C(=O)NCc2ccccc2)ccc1C(=O)O)c1ccc2ccccc2c1. The zero-order valence-electron chi connectivity index (χ0n) is 19.1. The van der Waals surface area contributed by atoms with E-state index in [4.69, 9.17) is 0 Å². The fraction of sp³-hybridized carbons (Fsp3) is 0.0690. The topological polar surface area (TPSA) is 95.5 Å². The van der Waals surface area contributed by atoms with E-state index in [1.54, 1.807) is 0 Å². The number of hydrogen-bond acceptors (Lipinski definition) is 3. The molecule has 0 heterocycles. The summed E-state index contributed by atoms with van der Waals surface area (Å²) in [6, 6.07) is 27.4. The Morgan fingerprint density at radius 3 is 2.23 bits per heavy atom. The quantitative estimate of drug-likeness (QED) is 0.314. The molecule has 4 aromatic carbocycles. The molecule has 0 spiro atoms. The number of carboxylic acids is 1. The van der Waals surface area contributed by atoms with Crippen molar-refractivity contribution in [3.05, 3.63) is 119 Å². The van der Waals surface area contributed by atoms with Gasteiger partial charge in [-0.15, -0.1) is 0 Å². The van der Waals surface area contributed by atoms with E-state index in [9.17, 15) is 19.5 Å². The molecule has 174 valence electrons. The third kappa shape index (κ3) is 5.81. The van der Waals surface area contributed by atoms with Crippen LogP contribution in [0.15, 0.2) is 97.1 Å². The lowest BCUT2D eigenvalue weighted by Crippen LogP contribution is -2.23. The minimum absolute atomic E-state index is 0.0532. The number of hydrogen-bond donors (Lipinski definition) is 3. The number of nitrogens with one attached hydrogen (secondary N) is 2. The van der Waals surface area contributed by atoms with Crippen LogP contribution < -0.4 is 10.6 Å². The molecule has 35 heavy (non-hydrogen) atoms. The first kappa shape index (κ1) is 23.4. The summed E-state index contributed by atoms with van der Waals surface area (Å²) in [4.78, 5) is 37.1. The van der Waals surface area contributed by atoms with Gasteiger partial charge in [-0.05, 0) is 58.7 Å². The van der Waals surface area contributed by atoms with E-state index in [1.165, 1.54) is 24.3 Å². The summed E-state index contributed by atoms with van der Waals surface area (Å²) >= 11 is 0. The highest BCUT2D eigenvalue weighted by molar-refractivity contribution is 6.08. The number of carbonyl (C=O) groups is 3. The van der Waals surface area contributed by atoms with Gasteiger partial charge in [-0.1, -0.05) is 66.7 Å². The minimum Gasteiger partial charge on any atom is -0.478 e. The number of amides is 2. The lowest BCUT2D eigenvalue weighted by molar-refractivity contribution is -0.111. The highest BCUT2D eigenvalue weighted by Gasteiger charge is 2.16. The molecule has 3 N–H and O–H groups in total. The third-order valence-electron chi connectivity index (χ3n) is 5.62. The van der Waals surface area contributed by atoms with Gasteiger partial charge in [0.05, 0.1) is 11.3 Å². The normalized spacial score (nSPS) is 11.2. The van der Waals surface area contributed by atoms with Gasteiger partial charge >= 0.3 is 5.97 Å². The molecule has 0 aliphatic heterocycles.